The number of amides is 4. The third-order valence-electron chi connectivity index (χ3n) is 10.7. The van der Waals surface area contributed by atoms with Crippen LogP contribution in [-0.4, -0.2) is 99.7 Å². The van der Waals surface area contributed by atoms with Gasteiger partial charge in [-0.15, -0.1) is 0 Å². The van der Waals surface area contributed by atoms with Crippen LogP contribution in [0.25, 0.3) is 5.69 Å². The zero-order chi connectivity index (χ0) is 37.0. The van der Waals surface area contributed by atoms with Crippen molar-refractivity contribution in [1.29, 1.82) is 0 Å². The summed E-state index contributed by atoms with van der Waals surface area (Å²) in [6.45, 7) is -0.0204. The number of aromatic nitrogens is 3. The van der Waals surface area contributed by atoms with Gasteiger partial charge >= 0.3 is 6.09 Å². The average Bonchev–Trinajstić information content (AvgIpc) is 3.87. The Labute approximate surface area is 308 Å². The number of hydrogen-bond donors (Lipinski definition) is 3. The molecule has 284 valence electrons. The third-order valence-corrected chi connectivity index (χ3v) is 12.5. The Morgan fingerprint density at radius 2 is 1.81 bits per heavy atom. The number of rotatable bonds is 9. The predicted octanol–water partition coefficient (Wildman–Crippen LogP) is 2.63. The van der Waals surface area contributed by atoms with Crippen LogP contribution in [0.15, 0.2) is 54.2 Å². The Balaban J connectivity index is 1.13. The van der Waals surface area contributed by atoms with E-state index < -0.39 is 68.7 Å². The summed E-state index contributed by atoms with van der Waals surface area (Å²) in [4.78, 5) is 66.6. The molecule has 5 atom stereocenters. The second-order valence-electron chi connectivity index (χ2n) is 14.6. The maximum atomic E-state index is 14.4. The molecule has 3 saturated carbocycles. The van der Waals surface area contributed by atoms with Gasteiger partial charge in [-0.3, -0.25) is 19.1 Å². The van der Waals surface area contributed by atoms with E-state index in [1.165, 1.54) is 17.4 Å². The van der Waals surface area contributed by atoms with E-state index in [9.17, 15) is 27.6 Å². The Bertz CT molecular complexity index is 1840. The first-order valence-corrected chi connectivity index (χ1v) is 20.1. The highest BCUT2D eigenvalue weighted by Crippen LogP contribution is 2.46. The molecule has 2 aliphatic heterocycles. The Hall–Kier alpha value is -4.80. The zero-order valence-corrected chi connectivity index (χ0v) is 30.3. The monoisotopic (exact) mass is 750 g/mol. The first kappa shape index (κ1) is 36.6. The molecule has 0 radical (unpaired) electrons. The van der Waals surface area contributed by atoms with Crippen LogP contribution in [0.4, 0.5) is 4.79 Å². The first-order valence-electron chi connectivity index (χ1n) is 18.6. The summed E-state index contributed by atoms with van der Waals surface area (Å²) < 4.78 is 35.0. The Morgan fingerprint density at radius 1 is 1.02 bits per heavy atom. The van der Waals surface area contributed by atoms with Crippen molar-refractivity contribution in [2.75, 3.05) is 6.54 Å². The number of hydrogen-bond acceptors (Lipinski definition) is 11. The summed E-state index contributed by atoms with van der Waals surface area (Å²) in [5.41, 5.74) is -0.0913. The van der Waals surface area contributed by atoms with Crippen molar-refractivity contribution in [2.24, 2.45) is 11.1 Å². The first-order chi connectivity index (χ1) is 25.6. The van der Waals surface area contributed by atoms with E-state index in [1.807, 2.05) is 36.4 Å². The third kappa shape index (κ3) is 8.55. The fourth-order valence-corrected chi connectivity index (χ4v) is 8.85. The number of allylic oxidation sites excluding steroid dienone is 1. The van der Waals surface area contributed by atoms with Gasteiger partial charge in [-0.25, -0.2) is 22.9 Å². The number of oxime groups is 1. The average molecular weight is 751 g/mol. The number of benzene rings is 1. The summed E-state index contributed by atoms with van der Waals surface area (Å²) in [7, 11) is -3.88. The van der Waals surface area contributed by atoms with Crippen LogP contribution in [-0.2, 0) is 34.0 Å². The van der Waals surface area contributed by atoms with E-state index in [0.29, 0.717) is 43.4 Å². The van der Waals surface area contributed by atoms with E-state index in [4.69, 9.17) is 9.57 Å². The molecule has 3 aliphatic carbocycles. The molecule has 17 heteroatoms. The molecule has 0 bridgehead atoms. The Morgan fingerprint density at radius 3 is 2.58 bits per heavy atom. The van der Waals surface area contributed by atoms with Crippen molar-refractivity contribution in [3.05, 3.63) is 54.6 Å². The van der Waals surface area contributed by atoms with Crippen molar-refractivity contribution >= 4 is 40.1 Å². The van der Waals surface area contributed by atoms with Gasteiger partial charge in [0, 0.05) is 17.9 Å². The van der Waals surface area contributed by atoms with Crippen LogP contribution in [0.3, 0.4) is 0 Å². The highest BCUT2D eigenvalue weighted by atomic mass is 32.2. The topological polar surface area (TPSA) is 203 Å². The minimum atomic E-state index is -3.88. The number of nitrogens with zero attached hydrogens (tertiary/aromatic N) is 5. The zero-order valence-electron chi connectivity index (χ0n) is 29.5. The molecule has 0 spiro atoms. The molecule has 53 heavy (non-hydrogen) atoms. The summed E-state index contributed by atoms with van der Waals surface area (Å²) >= 11 is 0. The van der Waals surface area contributed by atoms with Gasteiger partial charge in [0.05, 0.1) is 23.7 Å². The Kier molecular flexibility index (Phi) is 10.8. The van der Waals surface area contributed by atoms with Gasteiger partial charge in [0.25, 0.3) is 5.91 Å². The number of alkyl carbamates (subject to hydrolysis) is 1. The summed E-state index contributed by atoms with van der Waals surface area (Å²) in [5, 5.41) is 13.4. The van der Waals surface area contributed by atoms with Crippen molar-refractivity contribution in [3.63, 3.8) is 0 Å². The smallest absolute Gasteiger partial charge is 0.408 e. The van der Waals surface area contributed by atoms with Gasteiger partial charge in [-0.05, 0) is 70.3 Å². The second kappa shape index (κ2) is 15.7. The normalized spacial score (nSPS) is 28.9. The fourth-order valence-electron chi connectivity index (χ4n) is 7.48. The fraction of sp³-hybridized carbons (Fsp3) is 0.583. The van der Waals surface area contributed by atoms with E-state index in [-0.39, 0.29) is 25.5 Å². The van der Waals surface area contributed by atoms with Crippen molar-refractivity contribution in [1.82, 2.24) is 35.0 Å². The van der Waals surface area contributed by atoms with Gasteiger partial charge in [-0.1, -0.05) is 48.3 Å². The number of nitrogens with one attached hydrogen (secondary N) is 3. The number of carbonyl (C=O) groups is 4. The molecular weight excluding hydrogens is 705 g/mol. The quantitative estimate of drug-likeness (QED) is 0.194. The molecule has 7 rings (SSSR count). The number of ether oxygens (including phenoxy) is 1. The van der Waals surface area contributed by atoms with E-state index in [2.05, 4.69) is 30.6 Å². The van der Waals surface area contributed by atoms with Gasteiger partial charge in [0.2, 0.25) is 21.8 Å². The molecule has 3 heterocycles. The molecule has 1 aromatic heterocycles. The van der Waals surface area contributed by atoms with Crippen molar-refractivity contribution in [3.8, 4) is 5.69 Å². The van der Waals surface area contributed by atoms with Gasteiger partial charge in [-0.2, -0.15) is 5.10 Å². The van der Waals surface area contributed by atoms with Crippen LogP contribution in [0.5, 0.6) is 0 Å². The maximum absolute atomic E-state index is 14.4. The molecular formula is C36H46N8O8S. The summed E-state index contributed by atoms with van der Waals surface area (Å²) in [6.07, 6.45) is 14.7. The highest BCUT2D eigenvalue weighted by molar-refractivity contribution is 7.91. The highest BCUT2D eigenvalue weighted by Gasteiger charge is 2.62. The van der Waals surface area contributed by atoms with E-state index in [1.54, 1.807) is 11.0 Å². The molecule has 4 amide bonds. The summed E-state index contributed by atoms with van der Waals surface area (Å²) in [5.74, 6) is -2.31. The van der Waals surface area contributed by atoms with Crippen molar-refractivity contribution in [2.45, 2.75) is 119 Å². The van der Waals surface area contributed by atoms with Gasteiger partial charge < -0.3 is 25.1 Å². The predicted molar refractivity (Wildman–Crippen MR) is 191 cm³/mol. The molecule has 1 saturated heterocycles. The molecule has 16 nitrogen and oxygen atoms in total. The molecule has 1 unspecified atom stereocenters. The number of fused-ring (bicyclic) bond motifs is 2. The maximum Gasteiger partial charge on any atom is 0.408 e. The van der Waals surface area contributed by atoms with Crippen LogP contribution in [0.2, 0.25) is 0 Å². The van der Waals surface area contributed by atoms with Crippen LogP contribution in [0, 0.1) is 5.92 Å². The molecule has 1 aromatic carbocycles. The van der Waals surface area contributed by atoms with E-state index >= 15 is 0 Å². The van der Waals surface area contributed by atoms with Crippen LogP contribution < -0.4 is 15.4 Å². The lowest BCUT2D eigenvalue weighted by atomic mass is 10.0. The SMILES string of the molecule is O=C(N[C@H]1CCCCC/C=C\C2C[C@@]2(C(=O)NS(=O)(=O)C2CC2)NC(=O)[C@@H]2C[C@@H](O/N=C/c3ccccc3-n3cncn3)CN2C1=O)OC1CCCC1. The van der Waals surface area contributed by atoms with E-state index in [0.717, 1.165) is 38.5 Å². The molecule has 2 aromatic rings. The lowest BCUT2D eigenvalue weighted by Gasteiger charge is -2.30. The lowest BCUT2D eigenvalue weighted by molar-refractivity contribution is -0.141. The minimum Gasteiger partial charge on any atom is -0.446 e. The molecule has 5 aliphatic rings. The number of para-hydroxylation sites is 1. The van der Waals surface area contributed by atoms with Crippen LogP contribution in [0.1, 0.15) is 89.0 Å². The number of sulfonamides is 1. The standard InChI is InChI=1S/C36H46N8O8S/c45-32-31-18-27(52-39-20-24-10-6-9-15-30(24)44-23-37-22-38-44)21-43(31)33(46)29(40-35(48)51-26-12-7-8-13-26)14-5-3-1-2-4-11-25-19-36(25,41-32)34(47)42-53(49,50)28-16-17-28/h4,6,9-11,15,20,22-23,25-29,31H,1-3,5,7-8,12-14,16-19,21H2,(H,40,48)(H,41,45)(H,42,47)/b11-4-,39-20+/t25?,27-,29+,31+,36-/m1/s1. The largest absolute Gasteiger partial charge is 0.446 e. The minimum absolute atomic E-state index is 0.0204. The lowest BCUT2D eigenvalue weighted by Crippen LogP contribution is -2.58. The summed E-state index contributed by atoms with van der Waals surface area (Å²) in [6, 6.07) is 5.30. The van der Waals surface area contributed by atoms with Gasteiger partial charge in [0.15, 0.2) is 0 Å². The molecule has 4 fully saturated rings. The second-order valence-corrected chi connectivity index (χ2v) is 16.6. The van der Waals surface area contributed by atoms with Gasteiger partial charge in [0.1, 0.15) is 42.5 Å². The van der Waals surface area contributed by atoms with Crippen LogP contribution >= 0.6 is 0 Å². The molecule has 3 N–H and O–H groups in total. The van der Waals surface area contributed by atoms with Crippen molar-refractivity contribution < 1.29 is 37.2 Å². The number of carbonyl (C=O) groups excluding carboxylic acids is 4.